The van der Waals surface area contributed by atoms with Gasteiger partial charge in [-0.25, -0.2) is 4.79 Å². The van der Waals surface area contributed by atoms with Gasteiger partial charge in [0, 0.05) is 29.4 Å². The van der Waals surface area contributed by atoms with Crippen LogP contribution in [0.1, 0.15) is 52.3 Å². The van der Waals surface area contributed by atoms with Crippen molar-refractivity contribution in [1.29, 1.82) is 0 Å². The standard InChI is InChI=1S/C26H28N2O4S/c1-3-19-16-22(26(31)32-4-2)24(33-19)27-23(29)18-12-14-28(15-13-18)25(30)21-11-7-9-17-8-5-6-10-20(17)21/h5-11,16,18H,3-4,12-15H2,1-2H3,(H,27,29). The SMILES string of the molecule is CCOC(=O)c1cc(CC)sc1NC(=O)C1CCN(C(=O)c2cccc3ccccc23)CC1. The molecule has 1 aliphatic rings. The lowest BCUT2D eigenvalue weighted by Crippen LogP contribution is -2.41. The molecule has 1 N–H and O–H groups in total. The van der Waals surface area contributed by atoms with Gasteiger partial charge in [0.05, 0.1) is 12.2 Å². The number of carbonyl (C=O) groups excluding carboxylic acids is 3. The number of nitrogens with zero attached hydrogens (tertiary/aromatic N) is 1. The van der Waals surface area contributed by atoms with Crippen molar-refractivity contribution in [2.75, 3.05) is 25.0 Å². The average molecular weight is 465 g/mol. The van der Waals surface area contributed by atoms with Gasteiger partial charge in [0.15, 0.2) is 0 Å². The Morgan fingerprint density at radius 3 is 2.48 bits per heavy atom. The molecule has 0 radical (unpaired) electrons. The minimum Gasteiger partial charge on any atom is -0.462 e. The van der Waals surface area contributed by atoms with Crippen molar-refractivity contribution in [3.05, 3.63) is 64.5 Å². The number of esters is 1. The van der Waals surface area contributed by atoms with Crippen LogP contribution in [0.3, 0.4) is 0 Å². The molecule has 0 unspecified atom stereocenters. The lowest BCUT2D eigenvalue weighted by molar-refractivity contribution is -0.121. The Balaban J connectivity index is 1.41. The number of piperidine rings is 1. The molecule has 1 saturated heterocycles. The molecule has 0 saturated carbocycles. The van der Waals surface area contributed by atoms with Gasteiger partial charge in [-0.15, -0.1) is 11.3 Å². The normalized spacial score (nSPS) is 14.3. The van der Waals surface area contributed by atoms with Crippen molar-refractivity contribution in [2.24, 2.45) is 5.92 Å². The summed E-state index contributed by atoms with van der Waals surface area (Å²) in [4.78, 5) is 41.3. The Kier molecular flexibility index (Phi) is 7.08. The zero-order valence-electron chi connectivity index (χ0n) is 18.9. The Morgan fingerprint density at radius 1 is 1.03 bits per heavy atom. The molecule has 2 heterocycles. The Morgan fingerprint density at radius 2 is 1.76 bits per heavy atom. The molecule has 2 amide bonds. The van der Waals surface area contributed by atoms with Gasteiger partial charge in [-0.05, 0) is 49.1 Å². The quantitative estimate of drug-likeness (QED) is 0.513. The van der Waals surface area contributed by atoms with E-state index in [-0.39, 0.29) is 24.3 Å². The van der Waals surface area contributed by atoms with E-state index in [1.807, 2.05) is 54.3 Å². The van der Waals surface area contributed by atoms with Crippen LogP contribution in [0.15, 0.2) is 48.5 Å². The number of aryl methyl sites for hydroxylation is 1. The molecule has 0 aliphatic carbocycles. The molecule has 2 aromatic carbocycles. The van der Waals surface area contributed by atoms with Crippen molar-refractivity contribution >= 4 is 44.9 Å². The highest BCUT2D eigenvalue weighted by Gasteiger charge is 2.29. The van der Waals surface area contributed by atoms with Crippen LogP contribution < -0.4 is 5.32 Å². The fourth-order valence-electron chi connectivity index (χ4n) is 4.21. The molecular formula is C26H28N2O4S. The van der Waals surface area contributed by atoms with E-state index in [0.717, 1.165) is 22.1 Å². The molecule has 1 aliphatic heterocycles. The van der Waals surface area contributed by atoms with Crippen LogP contribution in [0.5, 0.6) is 0 Å². The summed E-state index contributed by atoms with van der Waals surface area (Å²) < 4.78 is 5.14. The number of rotatable bonds is 6. The zero-order chi connectivity index (χ0) is 23.4. The van der Waals surface area contributed by atoms with E-state index in [1.54, 1.807) is 13.0 Å². The molecule has 4 rings (SSSR count). The second kappa shape index (κ2) is 10.2. The summed E-state index contributed by atoms with van der Waals surface area (Å²) in [5.41, 5.74) is 1.11. The molecular weight excluding hydrogens is 436 g/mol. The number of carbonyl (C=O) groups is 3. The summed E-state index contributed by atoms with van der Waals surface area (Å²) >= 11 is 1.41. The maximum absolute atomic E-state index is 13.2. The first-order valence-corrected chi connectivity index (χ1v) is 12.2. The number of likely N-dealkylation sites (tertiary alicyclic amines) is 1. The van der Waals surface area contributed by atoms with Gasteiger partial charge in [-0.1, -0.05) is 43.3 Å². The molecule has 1 aromatic heterocycles. The van der Waals surface area contributed by atoms with E-state index in [4.69, 9.17) is 4.74 Å². The van der Waals surface area contributed by atoms with Gasteiger partial charge in [0.25, 0.3) is 5.91 Å². The van der Waals surface area contributed by atoms with Crippen LogP contribution in [0.2, 0.25) is 0 Å². The molecule has 33 heavy (non-hydrogen) atoms. The van der Waals surface area contributed by atoms with E-state index in [0.29, 0.717) is 42.1 Å². The molecule has 0 atom stereocenters. The number of anilines is 1. The lowest BCUT2D eigenvalue weighted by Gasteiger charge is -2.31. The highest BCUT2D eigenvalue weighted by molar-refractivity contribution is 7.16. The third kappa shape index (κ3) is 4.93. The smallest absolute Gasteiger partial charge is 0.341 e. The molecule has 0 bridgehead atoms. The molecule has 7 heteroatoms. The number of benzene rings is 2. The van der Waals surface area contributed by atoms with Gasteiger partial charge in [-0.2, -0.15) is 0 Å². The number of hydrogen-bond donors (Lipinski definition) is 1. The van der Waals surface area contributed by atoms with Crippen LogP contribution in [-0.4, -0.2) is 42.4 Å². The van der Waals surface area contributed by atoms with E-state index in [1.165, 1.54) is 11.3 Å². The summed E-state index contributed by atoms with van der Waals surface area (Å²) in [6.45, 7) is 5.10. The van der Waals surface area contributed by atoms with Crippen LogP contribution >= 0.6 is 11.3 Å². The summed E-state index contributed by atoms with van der Waals surface area (Å²) in [6, 6.07) is 15.4. The van der Waals surface area contributed by atoms with E-state index in [9.17, 15) is 14.4 Å². The third-order valence-electron chi connectivity index (χ3n) is 6.04. The summed E-state index contributed by atoms with van der Waals surface area (Å²) in [6.07, 6.45) is 1.95. The molecule has 6 nitrogen and oxygen atoms in total. The highest BCUT2D eigenvalue weighted by Crippen LogP contribution is 2.31. The predicted molar refractivity (Wildman–Crippen MR) is 131 cm³/mol. The molecule has 0 spiro atoms. The fraction of sp³-hybridized carbons (Fsp3) is 0.346. The maximum Gasteiger partial charge on any atom is 0.341 e. The number of hydrogen-bond acceptors (Lipinski definition) is 5. The van der Waals surface area contributed by atoms with Crippen LogP contribution in [0, 0.1) is 5.92 Å². The molecule has 3 aromatic rings. The highest BCUT2D eigenvalue weighted by atomic mass is 32.1. The summed E-state index contributed by atoms with van der Waals surface area (Å²) in [5.74, 6) is -0.730. The summed E-state index contributed by atoms with van der Waals surface area (Å²) in [7, 11) is 0. The second-order valence-electron chi connectivity index (χ2n) is 8.11. The first-order chi connectivity index (χ1) is 16.0. The van der Waals surface area contributed by atoms with Crippen LogP contribution in [0.4, 0.5) is 5.00 Å². The van der Waals surface area contributed by atoms with Crippen molar-refractivity contribution < 1.29 is 19.1 Å². The van der Waals surface area contributed by atoms with E-state index >= 15 is 0 Å². The number of amides is 2. The first kappa shape index (κ1) is 23.0. The van der Waals surface area contributed by atoms with Gasteiger partial charge >= 0.3 is 5.97 Å². The minimum atomic E-state index is -0.417. The van der Waals surface area contributed by atoms with Gasteiger partial charge < -0.3 is 15.0 Å². The largest absolute Gasteiger partial charge is 0.462 e. The van der Waals surface area contributed by atoms with Crippen molar-refractivity contribution in [3.8, 4) is 0 Å². The molecule has 172 valence electrons. The fourth-order valence-corrected chi connectivity index (χ4v) is 5.20. The number of ether oxygens (including phenoxy) is 1. The second-order valence-corrected chi connectivity index (χ2v) is 9.25. The monoisotopic (exact) mass is 464 g/mol. The average Bonchev–Trinajstić information content (AvgIpc) is 3.26. The number of thiophene rings is 1. The Hall–Kier alpha value is -3.19. The first-order valence-electron chi connectivity index (χ1n) is 11.4. The van der Waals surface area contributed by atoms with Gasteiger partial charge in [0.1, 0.15) is 5.00 Å². The summed E-state index contributed by atoms with van der Waals surface area (Å²) in [5, 5.41) is 5.48. The van der Waals surface area contributed by atoms with Crippen LogP contribution in [-0.2, 0) is 16.0 Å². The zero-order valence-corrected chi connectivity index (χ0v) is 19.7. The number of nitrogens with one attached hydrogen (secondary N) is 1. The number of fused-ring (bicyclic) bond motifs is 1. The van der Waals surface area contributed by atoms with Crippen LogP contribution in [0.25, 0.3) is 10.8 Å². The van der Waals surface area contributed by atoms with Crippen molar-refractivity contribution in [1.82, 2.24) is 4.90 Å². The van der Waals surface area contributed by atoms with Crippen molar-refractivity contribution in [2.45, 2.75) is 33.1 Å². The topological polar surface area (TPSA) is 75.7 Å². The lowest BCUT2D eigenvalue weighted by atomic mass is 9.95. The Bertz CT molecular complexity index is 1170. The third-order valence-corrected chi connectivity index (χ3v) is 7.23. The molecule has 1 fully saturated rings. The minimum absolute atomic E-state index is 0.00102. The van der Waals surface area contributed by atoms with Crippen molar-refractivity contribution in [3.63, 3.8) is 0 Å². The van der Waals surface area contributed by atoms with Gasteiger partial charge in [0.2, 0.25) is 5.91 Å². The van der Waals surface area contributed by atoms with E-state index in [2.05, 4.69) is 5.32 Å². The van der Waals surface area contributed by atoms with Gasteiger partial charge in [-0.3, -0.25) is 9.59 Å². The van der Waals surface area contributed by atoms with E-state index < -0.39 is 5.97 Å². The Labute approximate surface area is 197 Å². The predicted octanol–water partition coefficient (Wildman–Crippen LogP) is 5.13. The maximum atomic E-state index is 13.2.